The first kappa shape index (κ1) is 31.9. The molecule has 37 heavy (non-hydrogen) atoms. The van der Waals surface area contributed by atoms with E-state index < -0.39 is 53.8 Å². The highest BCUT2D eigenvalue weighted by Crippen LogP contribution is 2.11. The number of aliphatic carboxylic acids is 2. The topological polar surface area (TPSA) is 188 Å². The summed E-state index contributed by atoms with van der Waals surface area (Å²) in [4.78, 5) is 61.5. The van der Waals surface area contributed by atoms with Crippen molar-refractivity contribution in [3.05, 3.63) is 35.9 Å². The number of carbonyl (C=O) groups is 5. The molecule has 0 saturated carbocycles. The van der Waals surface area contributed by atoms with E-state index in [0.717, 1.165) is 5.56 Å². The molecule has 3 amide bonds. The Labute approximate surface area is 221 Å². The zero-order valence-corrected chi connectivity index (χ0v) is 22.3. The summed E-state index contributed by atoms with van der Waals surface area (Å²) in [7, 11) is 0. The van der Waals surface area contributed by atoms with Gasteiger partial charge in [-0.15, -0.1) is 0 Å². The third-order valence-corrected chi connectivity index (χ3v) is 6.58. The largest absolute Gasteiger partial charge is 0.481 e. The maximum atomic E-state index is 13.3. The Balaban J connectivity index is 3.10. The lowest BCUT2D eigenvalue weighted by atomic mass is 9.96. The van der Waals surface area contributed by atoms with Gasteiger partial charge in [-0.1, -0.05) is 50.6 Å². The molecule has 0 aromatic heterocycles. The highest BCUT2D eigenvalue weighted by Gasteiger charge is 2.32. The number of hydrogen-bond donors (Lipinski definition) is 6. The lowest BCUT2D eigenvalue weighted by Gasteiger charge is -2.28. The summed E-state index contributed by atoms with van der Waals surface area (Å²) in [5.74, 6) is -4.02. The van der Waals surface area contributed by atoms with Gasteiger partial charge in [0.2, 0.25) is 17.7 Å². The molecule has 11 nitrogen and oxygen atoms in total. The van der Waals surface area contributed by atoms with E-state index in [9.17, 15) is 29.1 Å². The second kappa shape index (κ2) is 16.6. The number of hydrogen-bond acceptors (Lipinski definition) is 7. The van der Waals surface area contributed by atoms with Crippen molar-refractivity contribution >= 4 is 41.4 Å². The highest BCUT2D eigenvalue weighted by molar-refractivity contribution is 7.98. The number of nitrogens with two attached hydrogens (primary N) is 1. The fourth-order valence-corrected chi connectivity index (χ4v) is 3.93. The molecular formula is C25H38N4O7S. The Kier molecular flexibility index (Phi) is 14.3. The Morgan fingerprint density at radius 3 is 2.08 bits per heavy atom. The first-order valence-corrected chi connectivity index (χ1v) is 13.5. The normalized spacial score (nSPS) is 14.9. The molecule has 1 aromatic rings. The van der Waals surface area contributed by atoms with Crippen molar-refractivity contribution in [2.75, 3.05) is 12.0 Å². The molecule has 0 radical (unpaired) electrons. The van der Waals surface area contributed by atoms with Crippen LogP contribution >= 0.6 is 11.8 Å². The predicted molar refractivity (Wildman–Crippen MR) is 141 cm³/mol. The summed E-state index contributed by atoms with van der Waals surface area (Å²) >= 11 is 1.45. The van der Waals surface area contributed by atoms with E-state index in [1.807, 2.05) is 19.2 Å². The van der Waals surface area contributed by atoms with Crippen LogP contribution < -0.4 is 21.7 Å². The smallest absolute Gasteiger partial charge is 0.326 e. The number of thioether (sulfide) groups is 1. The number of rotatable bonds is 17. The van der Waals surface area contributed by atoms with Gasteiger partial charge < -0.3 is 31.9 Å². The Bertz CT molecular complexity index is 916. The third kappa shape index (κ3) is 11.6. The zero-order chi connectivity index (χ0) is 28.0. The third-order valence-electron chi connectivity index (χ3n) is 5.94. The van der Waals surface area contributed by atoms with E-state index in [1.165, 1.54) is 11.8 Å². The summed E-state index contributed by atoms with van der Waals surface area (Å²) in [6, 6.07) is 4.56. The first-order chi connectivity index (χ1) is 17.5. The molecule has 0 spiro atoms. The van der Waals surface area contributed by atoms with Crippen LogP contribution in [0.15, 0.2) is 30.3 Å². The molecule has 206 valence electrons. The number of carboxylic acid groups (broad SMARTS) is 2. The maximum absolute atomic E-state index is 13.3. The number of nitrogens with one attached hydrogen (secondary N) is 3. The van der Waals surface area contributed by atoms with Crippen LogP contribution in [-0.2, 0) is 30.4 Å². The van der Waals surface area contributed by atoms with Crippen LogP contribution in [0.4, 0.5) is 0 Å². The fraction of sp³-hybridized carbons (Fsp3) is 0.560. The molecule has 0 saturated heterocycles. The van der Waals surface area contributed by atoms with E-state index in [0.29, 0.717) is 12.2 Å². The van der Waals surface area contributed by atoms with Crippen LogP contribution in [0, 0.1) is 5.92 Å². The van der Waals surface area contributed by atoms with Crippen LogP contribution in [0.2, 0.25) is 0 Å². The van der Waals surface area contributed by atoms with E-state index >= 15 is 0 Å². The predicted octanol–water partition coefficient (Wildman–Crippen LogP) is 0.759. The average molecular weight is 539 g/mol. The first-order valence-electron chi connectivity index (χ1n) is 12.1. The van der Waals surface area contributed by atoms with Gasteiger partial charge in [0.05, 0.1) is 6.04 Å². The van der Waals surface area contributed by atoms with E-state index in [-0.39, 0.29) is 31.6 Å². The van der Waals surface area contributed by atoms with Crippen molar-refractivity contribution in [1.29, 1.82) is 0 Å². The number of carboxylic acids is 2. The van der Waals surface area contributed by atoms with Gasteiger partial charge in [0.25, 0.3) is 0 Å². The van der Waals surface area contributed by atoms with Crippen LogP contribution in [0.25, 0.3) is 0 Å². The van der Waals surface area contributed by atoms with Crippen molar-refractivity contribution in [1.82, 2.24) is 16.0 Å². The molecule has 1 aromatic carbocycles. The SMILES string of the molecule is CCC(C)C(NC(=O)C(N)CCC(=O)O)C(=O)NC(Cc1ccccc1)C(=O)NC(CCSC)C(=O)O. The summed E-state index contributed by atoms with van der Waals surface area (Å²) in [5.41, 5.74) is 6.55. The Morgan fingerprint density at radius 2 is 1.54 bits per heavy atom. The molecule has 0 fully saturated rings. The van der Waals surface area contributed by atoms with Gasteiger partial charge in [-0.3, -0.25) is 19.2 Å². The van der Waals surface area contributed by atoms with Crippen molar-refractivity contribution in [2.45, 2.75) is 70.1 Å². The van der Waals surface area contributed by atoms with E-state index in [4.69, 9.17) is 10.8 Å². The Hall–Kier alpha value is -3.12. The molecule has 12 heteroatoms. The molecule has 0 aliphatic heterocycles. The quantitative estimate of drug-likeness (QED) is 0.166. The molecule has 7 N–H and O–H groups in total. The molecule has 0 bridgehead atoms. The summed E-state index contributed by atoms with van der Waals surface area (Å²) in [6.45, 7) is 3.58. The van der Waals surface area contributed by atoms with Crippen LogP contribution in [0.1, 0.15) is 45.1 Å². The fourth-order valence-electron chi connectivity index (χ4n) is 3.46. The van der Waals surface area contributed by atoms with Crippen molar-refractivity contribution < 1.29 is 34.2 Å². The lowest BCUT2D eigenvalue weighted by Crippen LogP contribution is -2.59. The zero-order valence-electron chi connectivity index (χ0n) is 21.4. The maximum Gasteiger partial charge on any atom is 0.326 e. The molecule has 0 aliphatic rings. The van der Waals surface area contributed by atoms with Crippen molar-refractivity contribution in [2.24, 2.45) is 11.7 Å². The van der Waals surface area contributed by atoms with E-state index in [1.54, 1.807) is 31.2 Å². The van der Waals surface area contributed by atoms with Crippen LogP contribution in [-0.4, -0.2) is 76.0 Å². The summed E-state index contributed by atoms with van der Waals surface area (Å²) in [6.07, 6.45) is 2.28. The van der Waals surface area contributed by atoms with E-state index in [2.05, 4.69) is 16.0 Å². The minimum atomic E-state index is -1.17. The van der Waals surface area contributed by atoms with Gasteiger partial charge in [-0.2, -0.15) is 11.8 Å². The van der Waals surface area contributed by atoms with Crippen molar-refractivity contribution in [3.63, 3.8) is 0 Å². The van der Waals surface area contributed by atoms with Gasteiger partial charge in [0, 0.05) is 12.8 Å². The summed E-state index contributed by atoms with van der Waals surface area (Å²) in [5, 5.41) is 26.1. The molecule has 0 heterocycles. The van der Waals surface area contributed by atoms with Gasteiger partial charge in [0.1, 0.15) is 18.1 Å². The summed E-state index contributed by atoms with van der Waals surface area (Å²) < 4.78 is 0. The van der Waals surface area contributed by atoms with Gasteiger partial charge in [-0.05, 0) is 36.3 Å². The van der Waals surface area contributed by atoms with Gasteiger partial charge in [-0.25, -0.2) is 4.79 Å². The monoisotopic (exact) mass is 538 g/mol. The van der Waals surface area contributed by atoms with Crippen LogP contribution in [0.3, 0.4) is 0 Å². The molecule has 5 unspecified atom stereocenters. The minimum absolute atomic E-state index is 0.0956. The van der Waals surface area contributed by atoms with Gasteiger partial charge >= 0.3 is 11.9 Å². The number of amides is 3. The molecule has 0 aliphatic carbocycles. The standard InChI is InChI=1S/C25H38N4O7S/c1-4-15(2)21(29-22(32)17(26)10-11-20(30)31)24(34)28-19(14-16-8-6-5-7-9-16)23(33)27-18(25(35)36)12-13-37-3/h5-9,15,17-19,21H,4,10-14,26H2,1-3H3,(H,27,33)(H,28,34)(H,29,32)(H,30,31)(H,35,36). The van der Waals surface area contributed by atoms with Gasteiger partial charge in [0.15, 0.2) is 0 Å². The highest BCUT2D eigenvalue weighted by atomic mass is 32.2. The second-order valence-corrected chi connectivity index (χ2v) is 9.83. The number of carbonyl (C=O) groups excluding carboxylic acids is 3. The minimum Gasteiger partial charge on any atom is -0.481 e. The molecule has 1 rings (SSSR count). The Morgan fingerprint density at radius 1 is 0.919 bits per heavy atom. The molecular weight excluding hydrogens is 500 g/mol. The lowest BCUT2D eigenvalue weighted by molar-refractivity contribution is -0.142. The average Bonchev–Trinajstić information content (AvgIpc) is 2.87. The molecule has 5 atom stereocenters. The number of benzene rings is 1. The van der Waals surface area contributed by atoms with Crippen molar-refractivity contribution in [3.8, 4) is 0 Å². The van der Waals surface area contributed by atoms with Crippen LogP contribution in [0.5, 0.6) is 0 Å². The second-order valence-electron chi connectivity index (χ2n) is 8.84.